The molecule has 0 radical (unpaired) electrons. The van der Waals surface area contributed by atoms with E-state index in [1.165, 1.54) is 22.6 Å². The fraction of sp³-hybridized carbons (Fsp3) is 0.0667. The van der Waals surface area contributed by atoms with Crippen LogP contribution >= 0.6 is 0 Å². The van der Waals surface area contributed by atoms with Gasteiger partial charge in [0.1, 0.15) is 29.4 Å². The number of hydrogen-bond donors (Lipinski definition) is 3. The number of benzene rings is 1. The molecule has 0 aliphatic carbocycles. The molecule has 0 atom stereocenters. The van der Waals surface area contributed by atoms with Gasteiger partial charge >= 0.3 is 5.97 Å². The van der Waals surface area contributed by atoms with E-state index in [1.54, 1.807) is 24.4 Å². The second-order valence-corrected chi connectivity index (χ2v) is 4.58. The quantitative estimate of drug-likeness (QED) is 0.681. The van der Waals surface area contributed by atoms with Gasteiger partial charge < -0.3 is 20.1 Å². The Balaban J connectivity index is 1.97. The number of aromatic hydroxyl groups is 2. The number of carbonyl (C=O) groups is 1. The van der Waals surface area contributed by atoms with Crippen LogP contribution in [0.1, 0.15) is 16.3 Å². The lowest BCUT2D eigenvalue weighted by molar-refractivity contribution is 0.0692. The molecule has 7 heteroatoms. The van der Waals surface area contributed by atoms with Crippen molar-refractivity contribution in [2.75, 3.05) is 0 Å². The van der Waals surface area contributed by atoms with Crippen molar-refractivity contribution >= 4 is 11.5 Å². The number of aromatic nitrogens is 2. The summed E-state index contributed by atoms with van der Waals surface area (Å²) in [6.45, 7) is -0.0125. The zero-order valence-corrected chi connectivity index (χ0v) is 11.3. The largest absolute Gasteiger partial charge is 0.508 e. The van der Waals surface area contributed by atoms with E-state index < -0.39 is 5.97 Å². The van der Waals surface area contributed by atoms with Crippen LogP contribution in [0.25, 0.3) is 5.52 Å². The van der Waals surface area contributed by atoms with Crippen molar-refractivity contribution < 1.29 is 24.9 Å². The Labute approximate surface area is 124 Å². The Morgan fingerprint density at radius 1 is 1.23 bits per heavy atom. The molecule has 0 amide bonds. The second-order valence-electron chi connectivity index (χ2n) is 4.58. The lowest BCUT2D eigenvalue weighted by Gasteiger charge is -2.06. The van der Waals surface area contributed by atoms with Crippen molar-refractivity contribution in [3.05, 3.63) is 54.1 Å². The van der Waals surface area contributed by atoms with Crippen LogP contribution in [0.5, 0.6) is 17.2 Å². The summed E-state index contributed by atoms with van der Waals surface area (Å²) in [6, 6.07) is 9.20. The van der Waals surface area contributed by atoms with Crippen LogP contribution < -0.4 is 4.74 Å². The standard InChI is InChI=1S/C15H12N2O5/c18-9-3-1-4-10(7-9)22-8-12-16-13(15(20)21)14-11(19)5-2-6-17(12)14/h1-7,18-19H,8H2,(H,20,21). The van der Waals surface area contributed by atoms with Crippen molar-refractivity contribution in [3.63, 3.8) is 0 Å². The average Bonchev–Trinajstić information content (AvgIpc) is 2.86. The fourth-order valence-electron chi connectivity index (χ4n) is 2.16. The van der Waals surface area contributed by atoms with Gasteiger partial charge in [-0.15, -0.1) is 0 Å². The number of pyridine rings is 1. The molecule has 0 unspecified atom stereocenters. The molecular weight excluding hydrogens is 288 g/mol. The number of phenolic OH excluding ortho intramolecular Hbond substituents is 1. The lowest BCUT2D eigenvalue weighted by atomic mass is 10.3. The van der Waals surface area contributed by atoms with Gasteiger partial charge in [0.2, 0.25) is 0 Å². The third kappa shape index (κ3) is 2.39. The van der Waals surface area contributed by atoms with E-state index in [9.17, 15) is 20.1 Å². The SMILES string of the molecule is O=C(O)c1nc(COc2cccc(O)c2)n2cccc(O)c12. The molecule has 1 aromatic carbocycles. The van der Waals surface area contributed by atoms with Crippen LogP contribution in [0.2, 0.25) is 0 Å². The van der Waals surface area contributed by atoms with Crippen LogP contribution in [-0.4, -0.2) is 30.7 Å². The number of fused-ring (bicyclic) bond motifs is 1. The molecule has 22 heavy (non-hydrogen) atoms. The van der Waals surface area contributed by atoms with E-state index in [-0.39, 0.29) is 29.3 Å². The predicted octanol–water partition coefficient (Wildman–Crippen LogP) is 2.02. The molecule has 3 aromatic rings. The number of hydrogen-bond acceptors (Lipinski definition) is 5. The van der Waals surface area contributed by atoms with Crippen LogP contribution in [-0.2, 0) is 6.61 Å². The van der Waals surface area contributed by atoms with Crippen molar-refractivity contribution in [1.82, 2.24) is 9.38 Å². The fourth-order valence-corrected chi connectivity index (χ4v) is 2.16. The molecule has 0 spiro atoms. The Hall–Kier alpha value is -3.22. The number of carboxylic acids is 1. The molecular formula is C15H12N2O5. The molecule has 112 valence electrons. The maximum absolute atomic E-state index is 11.2. The highest BCUT2D eigenvalue weighted by atomic mass is 16.5. The summed E-state index contributed by atoms with van der Waals surface area (Å²) in [5, 5.41) is 28.4. The molecule has 0 fully saturated rings. The van der Waals surface area contributed by atoms with Crippen molar-refractivity contribution in [2.45, 2.75) is 6.61 Å². The molecule has 0 aliphatic heterocycles. The summed E-state index contributed by atoms with van der Waals surface area (Å²) in [7, 11) is 0. The number of rotatable bonds is 4. The molecule has 3 N–H and O–H groups in total. The van der Waals surface area contributed by atoms with Crippen LogP contribution in [0, 0.1) is 0 Å². The summed E-state index contributed by atoms with van der Waals surface area (Å²) in [6.07, 6.45) is 1.59. The van der Waals surface area contributed by atoms with Gasteiger partial charge in [0.25, 0.3) is 0 Å². The summed E-state index contributed by atoms with van der Waals surface area (Å²) >= 11 is 0. The molecule has 0 bridgehead atoms. The molecule has 0 saturated carbocycles. The minimum Gasteiger partial charge on any atom is -0.508 e. The van der Waals surface area contributed by atoms with Gasteiger partial charge in [-0.2, -0.15) is 0 Å². The van der Waals surface area contributed by atoms with Crippen molar-refractivity contribution in [3.8, 4) is 17.2 Å². The van der Waals surface area contributed by atoms with E-state index in [0.29, 0.717) is 11.6 Å². The molecule has 0 saturated heterocycles. The maximum Gasteiger partial charge on any atom is 0.356 e. The Bertz CT molecular complexity index is 856. The highest BCUT2D eigenvalue weighted by molar-refractivity contribution is 5.95. The third-order valence-corrected chi connectivity index (χ3v) is 3.10. The van der Waals surface area contributed by atoms with Gasteiger partial charge in [0.15, 0.2) is 11.5 Å². The first-order valence-corrected chi connectivity index (χ1v) is 6.40. The first kappa shape index (κ1) is 13.7. The smallest absolute Gasteiger partial charge is 0.356 e. The number of aromatic carboxylic acids is 1. The Morgan fingerprint density at radius 3 is 2.77 bits per heavy atom. The van der Waals surface area contributed by atoms with Crippen LogP contribution in [0.4, 0.5) is 0 Å². The van der Waals surface area contributed by atoms with E-state index >= 15 is 0 Å². The minimum atomic E-state index is -1.23. The number of carboxylic acid groups (broad SMARTS) is 1. The summed E-state index contributed by atoms with van der Waals surface area (Å²) in [4.78, 5) is 15.2. The molecule has 2 heterocycles. The van der Waals surface area contributed by atoms with Gasteiger partial charge in [0, 0.05) is 12.3 Å². The van der Waals surface area contributed by atoms with Crippen LogP contribution in [0.15, 0.2) is 42.6 Å². The van der Waals surface area contributed by atoms with E-state index in [2.05, 4.69) is 4.98 Å². The van der Waals surface area contributed by atoms with Crippen LogP contribution in [0.3, 0.4) is 0 Å². The first-order chi connectivity index (χ1) is 10.6. The number of imidazole rings is 1. The average molecular weight is 300 g/mol. The predicted molar refractivity (Wildman–Crippen MR) is 76.3 cm³/mol. The van der Waals surface area contributed by atoms with Gasteiger partial charge in [-0.25, -0.2) is 9.78 Å². The molecule has 0 aliphatic rings. The van der Waals surface area contributed by atoms with E-state index in [4.69, 9.17) is 4.74 Å². The first-order valence-electron chi connectivity index (χ1n) is 6.40. The Kier molecular flexibility index (Phi) is 3.30. The van der Waals surface area contributed by atoms with E-state index in [0.717, 1.165) is 0 Å². The highest BCUT2D eigenvalue weighted by Crippen LogP contribution is 2.24. The molecule has 7 nitrogen and oxygen atoms in total. The van der Waals surface area contributed by atoms with E-state index in [1.807, 2.05) is 0 Å². The normalized spacial score (nSPS) is 10.7. The minimum absolute atomic E-state index is 0.0125. The zero-order valence-electron chi connectivity index (χ0n) is 11.3. The maximum atomic E-state index is 11.2. The number of nitrogens with zero attached hydrogens (tertiary/aromatic N) is 2. The third-order valence-electron chi connectivity index (χ3n) is 3.10. The summed E-state index contributed by atoms with van der Waals surface area (Å²) in [5.41, 5.74) is -0.128. The molecule has 3 rings (SSSR count). The number of phenols is 1. The highest BCUT2D eigenvalue weighted by Gasteiger charge is 2.19. The Morgan fingerprint density at radius 2 is 2.05 bits per heavy atom. The summed E-state index contributed by atoms with van der Waals surface area (Å²) < 4.78 is 6.96. The lowest BCUT2D eigenvalue weighted by Crippen LogP contribution is -2.01. The van der Waals surface area contributed by atoms with Crippen molar-refractivity contribution in [1.29, 1.82) is 0 Å². The second kappa shape index (κ2) is 5.28. The van der Waals surface area contributed by atoms with Crippen molar-refractivity contribution in [2.24, 2.45) is 0 Å². The number of ether oxygens (including phenoxy) is 1. The van der Waals surface area contributed by atoms with Gasteiger partial charge in [-0.3, -0.25) is 4.40 Å². The van der Waals surface area contributed by atoms with Gasteiger partial charge in [-0.1, -0.05) is 6.07 Å². The monoisotopic (exact) mass is 300 g/mol. The molecule has 2 aromatic heterocycles. The van der Waals surface area contributed by atoms with Gasteiger partial charge in [-0.05, 0) is 24.3 Å². The zero-order chi connectivity index (χ0) is 15.7. The summed E-state index contributed by atoms with van der Waals surface area (Å²) in [5.74, 6) is -0.589. The van der Waals surface area contributed by atoms with Gasteiger partial charge in [0.05, 0.1) is 0 Å². The topological polar surface area (TPSA) is 104 Å².